The van der Waals surface area contributed by atoms with Gasteiger partial charge in [0.25, 0.3) is 0 Å². The zero-order valence-electron chi connectivity index (χ0n) is 15.4. The average Bonchev–Trinajstić information content (AvgIpc) is 2.71. The zero-order chi connectivity index (χ0) is 21.9. The van der Waals surface area contributed by atoms with Gasteiger partial charge in [-0.05, 0) is 46.2 Å². The van der Waals surface area contributed by atoms with Gasteiger partial charge in [0.1, 0.15) is 5.84 Å². The first-order valence-electron chi connectivity index (χ1n) is 8.63. The molecule has 0 bridgehead atoms. The van der Waals surface area contributed by atoms with Crippen molar-refractivity contribution in [2.24, 2.45) is 5.73 Å². The summed E-state index contributed by atoms with van der Waals surface area (Å²) in [6, 6.07) is 16.8. The predicted octanol–water partition coefficient (Wildman–Crippen LogP) is 4.54. The number of nitrogen functional groups attached to an aromatic ring is 1. The number of hydrogen-bond acceptors (Lipinski definition) is 4. The number of esters is 2. The maximum Gasteiger partial charge on any atom is 0.491 e. The summed E-state index contributed by atoms with van der Waals surface area (Å²) in [7, 11) is 0. The minimum atomic E-state index is -5.23. The van der Waals surface area contributed by atoms with Crippen LogP contribution in [0.1, 0.15) is 27.0 Å². The van der Waals surface area contributed by atoms with E-state index in [2.05, 4.69) is 4.74 Å². The first-order chi connectivity index (χ1) is 14.1. The summed E-state index contributed by atoms with van der Waals surface area (Å²) in [4.78, 5) is 22.3. The Hall–Kier alpha value is -3.94. The van der Waals surface area contributed by atoms with Crippen molar-refractivity contribution < 1.29 is 27.5 Å². The van der Waals surface area contributed by atoms with Gasteiger partial charge in [-0.1, -0.05) is 48.6 Å². The fourth-order valence-electron chi connectivity index (χ4n) is 2.66. The standard InChI is InChI=1S/C22H15F3N2O3/c23-22(24,25)21(29)30-20(28)15-6-3-13(4-7-15)1-2-14-5-8-17-12-18(19(26)27)10-9-16(17)11-14/h1-12H,(H3,26,27)/b2-1+. The van der Waals surface area contributed by atoms with Crippen LogP contribution in [0.4, 0.5) is 13.2 Å². The molecule has 8 heteroatoms. The van der Waals surface area contributed by atoms with Crippen molar-refractivity contribution in [2.45, 2.75) is 6.18 Å². The van der Waals surface area contributed by atoms with Crippen LogP contribution < -0.4 is 5.73 Å². The van der Waals surface area contributed by atoms with Gasteiger partial charge in [-0.2, -0.15) is 13.2 Å². The first kappa shape index (κ1) is 20.8. The van der Waals surface area contributed by atoms with Crippen LogP contribution in [0.5, 0.6) is 0 Å². The Morgan fingerprint density at radius 1 is 0.833 bits per heavy atom. The van der Waals surface area contributed by atoms with Crippen LogP contribution in [0.3, 0.4) is 0 Å². The van der Waals surface area contributed by atoms with Gasteiger partial charge in [0.05, 0.1) is 5.56 Å². The monoisotopic (exact) mass is 412 g/mol. The van der Waals surface area contributed by atoms with E-state index >= 15 is 0 Å². The maximum absolute atomic E-state index is 12.2. The summed E-state index contributed by atoms with van der Waals surface area (Å²) in [5.74, 6) is -3.92. The van der Waals surface area contributed by atoms with Gasteiger partial charge in [-0.3, -0.25) is 5.41 Å². The fraction of sp³-hybridized carbons (Fsp3) is 0.0455. The topological polar surface area (TPSA) is 93.2 Å². The van der Waals surface area contributed by atoms with Crippen LogP contribution in [-0.2, 0) is 9.53 Å². The first-order valence-corrected chi connectivity index (χ1v) is 8.63. The molecular weight excluding hydrogens is 397 g/mol. The molecule has 0 saturated heterocycles. The number of carbonyl (C=O) groups is 2. The highest BCUT2D eigenvalue weighted by molar-refractivity contribution is 6.00. The van der Waals surface area contributed by atoms with Crippen molar-refractivity contribution in [3.63, 3.8) is 0 Å². The number of benzene rings is 3. The van der Waals surface area contributed by atoms with Crippen molar-refractivity contribution in [3.05, 3.63) is 82.9 Å². The zero-order valence-corrected chi connectivity index (χ0v) is 15.4. The molecule has 3 rings (SSSR count). The molecule has 0 aliphatic rings. The Kier molecular flexibility index (Phi) is 5.68. The fourth-order valence-corrected chi connectivity index (χ4v) is 2.66. The largest absolute Gasteiger partial charge is 0.491 e. The van der Waals surface area contributed by atoms with Gasteiger partial charge >= 0.3 is 18.1 Å². The normalized spacial score (nSPS) is 11.6. The number of alkyl halides is 3. The third-order valence-corrected chi connectivity index (χ3v) is 4.21. The lowest BCUT2D eigenvalue weighted by Gasteiger charge is -2.05. The number of nitrogens with one attached hydrogen (secondary N) is 1. The molecule has 0 unspecified atom stereocenters. The van der Waals surface area contributed by atoms with E-state index in [-0.39, 0.29) is 11.4 Å². The Balaban J connectivity index is 1.72. The molecule has 0 aromatic heterocycles. The van der Waals surface area contributed by atoms with E-state index < -0.39 is 18.1 Å². The van der Waals surface area contributed by atoms with Crippen LogP contribution in [0.2, 0.25) is 0 Å². The molecule has 3 aromatic carbocycles. The highest BCUT2D eigenvalue weighted by Gasteiger charge is 2.42. The average molecular weight is 412 g/mol. The van der Waals surface area contributed by atoms with E-state index in [1.165, 1.54) is 24.3 Å². The second-order valence-electron chi connectivity index (χ2n) is 6.37. The van der Waals surface area contributed by atoms with E-state index in [1.807, 2.05) is 36.4 Å². The molecule has 5 nitrogen and oxygen atoms in total. The van der Waals surface area contributed by atoms with Crippen molar-refractivity contribution in [1.82, 2.24) is 0 Å². The van der Waals surface area contributed by atoms with Crippen molar-refractivity contribution >= 4 is 40.7 Å². The number of hydrogen-bond donors (Lipinski definition) is 2. The maximum atomic E-state index is 12.2. The van der Waals surface area contributed by atoms with Crippen molar-refractivity contribution in [2.75, 3.05) is 0 Å². The number of halogens is 3. The second-order valence-corrected chi connectivity index (χ2v) is 6.37. The van der Waals surface area contributed by atoms with Gasteiger partial charge in [-0.15, -0.1) is 0 Å². The summed E-state index contributed by atoms with van der Waals surface area (Å²) in [5, 5.41) is 9.40. The molecule has 0 aliphatic heterocycles. The number of carbonyl (C=O) groups excluding carboxylic acids is 2. The van der Waals surface area contributed by atoms with Gasteiger partial charge in [0.2, 0.25) is 0 Å². The SMILES string of the molecule is N=C(N)c1ccc2cc(/C=C/c3ccc(C(=O)OC(=O)C(F)(F)F)cc3)ccc2c1. The molecule has 0 atom stereocenters. The Morgan fingerprint density at radius 2 is 1.37 bits per heavy atom. The summed E-state index contributed by atoms with van der Waals surface area (Å²) >= 11 is 0. The summed E-state index contributed by atoms with van der Waals surface area (Å²) in [6.07, 6.45) is -1.63. The number of fused-ring (bicyclic) bond motifs is 1. The molecule has 0 saturated carbocycles. The molecule has 0 aliphatic carbocycles. The Labute approximate surface area is 169 Å². The molecule has 0 spiro atoms. The minimum absolute atomic E-state index is 0.00373. The molecular formula is C22H15F3N2O3. The van der Waals surface area contributed by atoms with E-state index in [4.69, 9.17) is 11.1 Å². The smallest absolute Gasteiger partial charge is 0.384 e. The van der Waals surface area contributed by atoms with Gasteiger partial charge in [-0.25, -0.2) is 9.59 Å². The lowest BCUT2D eigenvalue weighted by molar-refractivity contribution is -0.193. The quantitative estimate of drug-likeness (QED) is 0.216. The predicted molar refractivity (Wildman–Crippen MR) is 107 cm³/mol. The third kappa shape index (κ3) is 4.91. The molecule has 0 amide bonds. The molecule has 152 valence electrons. The molecule has 0 fully saturated rings. The van der Waals surface area contributed by atoms with Crippen molar-refractivity contribution in [3.8, 4) is 0 Å². The Bertz CT molecular complexity index is 1170. The van der Waals surface area contributed by atoms with E-state index in [9.17, 15) is 22.8 Å². The number of nitrogens with two attached hydrogens (primary N) is 1. The minimum Gasteiger partial charge on any atom is -0.384 e. The molecule has 3 aromatic rings. The lowest BCUT2D eigenvalue weighted by atomic mass is 10.0. The van der Waals surface area contributed by atoms with Crippen LogP contribution in [-0.4, -0.2) is 24.0 Å². The lowest BCUT2D eigenvalue weighted by Crippen LogP contribution is -2.28. The van der Waals surface area contributed by atoms with E-state index in [0.29, 0.717) is 11.1 Å². The number of ether oxygens (including phenoxy) is 1. The van der Waals surface area contributed by atoms with Gasteiger partial charge in [0, 0.05) is 5.56 Å². The second kappa shape index (κ2) is 8.20. The van der Waals surface area contributed by atoms with Crippen molar-refractivity contribution in [1.29, 1.82) is 5.41 Å². The molecule has 0 radical (unpaired) electrons. The van der Waals surface area contributed by atoms with E-state index in [0.717, 1.165) is 16.3 Å². The van der Waals surface area contributed by atoms with Crippen LogP contribution in [0.15, 0.2) is 60.7 Å². The highest BCUT2D eigenvalue weighted by atomic mass is 19.4. The molecule has 30 heavy (non-hydrogen) atoms. The molecule has 0 heterocycles. The van der Waals surface area contributed by atoms with Gasteiger partial charge in [0.15, 0.2) is 0 Å². The summed E-state index contributed by atoms with van der Waals surface area (Å²) < 4.78 is 40.2. The molecule has 3 N–H and O–H groups in total. The van der Waals surface area contributed by atoms with E-state index in [1.54, 1.807) is 12.1 Å². The number of rotatable bonds is 4. The van der Waals surface area contributed by atoms with Crippen LogP contribution in [0.25, 0.3) is 22.9 Å². The van der Waals surface area contributed by atoms with Crippen LogP contribution in [0, 0.1) is 5.41 Å². The third-order valence-electron chi connectivity index (χ3n) is 4.21. The number of amidine groups is 1. The van der Waals surface area contributed by atoms with Crippen LogP contribution >= 0.6 is 0 Å². The summed E-state index contributed by atoms with van der Waals surface area (Å²) in [6.45, 7) is 0. The highest BCUT2D eigenvalue weighted by Crippen LogP contribution is 2.20. The Morgan fingerprint density at radius 3 is 2.00 bits per heavy atom. The van der Waals surface area contributed by atoms with Gasteiger partial charge < -0.3 is 10.5 Å². The summed E-state index contributed by atoms with van der Waals surface area (Å²) in [5.41, 5.74) is 7.56.